The van der Waals surface area contributed by atoms with Crippen molar-refractivity contribution in [2.24, 2.45) is 11.8 Å². The van der Waals surface area contributed by atoms with Gasteiger partial charge in [0, 0.05) is 18.3 Å². The Hall–Kier alpha value is -2.81. The van der Waals surface area contributed by atoms with Crippen LogP contribution in [0.5, 0.6) is 0 Å². The topological polar surface area (TPSA) is 65.8 Å². The number of pyridine rings is 1. The Morgan fingerprint density at radius 1 is 1.15 bits per heavy atom. The molecule has 4 nitrogen and oxygen atoms in total. The van der Waals surface area contributed by atoms with Crippen molar-refractivity contribution in [3.05, 3.63) is 104 Å². The number of ketones is 1. The maximum absolute atomic E-state index is 13.8. The molecule has 3 rings (SSSR count). The van der Waals surface area contributed by atoms with Gasteiger partial charge in [-0.1, -0.05) is 114 Å². The SMILES string of the molecule is C=C1C(C)CCC=S1SC.CC.CC(C)=C/C(=C(\C)C=N)c1ncc(F)cc1Cl.CC=CNCc1cc(F)c(C(C)=O)c(CC)c1.CCC(C)CC. The molecule has 9 heteroatoms. The quantitative estimate of drug-likeness (QED) is 0.0784. The molecule has 0 saturated carbocycles. The van der Waals surface area contributed by atoms with Crippen LogP contribution in [0.15, 0.2) is 65.4 Å². The van der Waals surface area contributed by atoms with E-state index in [1.807, 2.05) is 76.8 Å². The first-order chi connectivity index (χ1) is 24.6. The normalized spacial score (nSPS) is 15.1. The minimum absolute atomic E-state index is 0.215. The van der Waals surface area contributed by atoms with E-state index in [2.05, 4.69) is 56.2 Å². The second-order valence-corrected chi connectivity index (χ2v) is 16.6. The van der Waals surface area contributed by atoms with Crippen LogP contribution in [-0.4, -0.2) is 28.6 Å². The Balaban J connectivity index is 0. The molecule has 2 heterocycles. The minimum atomic E-state index is -0.470. The van der Waals surface area contributed by atoms with Gasteiger partial charge in [-0.25, -0.2) is 8.78 Å². The van der Waals surface area contributed by atoms with Gasteiger partial charge >= 0.3 is 0 Å². The molecule has 1 aliphatic heterocycles. The Bertz CT molecular complexity index is 1520. The number of carbonyl (C=O) groups is 1. The number of Topliss-reactive ketones (excluding diaryl/α,β-unsaturated/α-hetero) is 1. The second kappa shape index (κ2) is 29.6. The molecule has 0 amide bonds. The predicted octanol–water partition coefficient (Wildman–Crippen LogP) is 14.2. The van der Waals surface area contributed by atoms with Crippen LogP contribution in [0.3, 0.4) is 0 Å². The smallest absolute Gasteiger partial charge is 0.163 e. The number of nitrogens with zero attached hydrogens (tertiary/aromatic N) is 1. The van der Waals surface area contributed by atoms with E-state index < -0.39 is 11.6 Å². The molecule has 292 valence electrons. The van der Waals surface area contributed by atoms with E-state index in [0.717, 1.165) is 45.9 Å². The highest BCUT2D eigenvalue weighted by Gasteiger charge is 2.14. The van der Waals surface area contributed by atoms with Crippen molar-refractivity contribution in [2.45, 2.75) is 122 Å². The van der Waals surface area contributed by atoms with Gasteiger partial charge in [0.05, 0.1) is 22.5 Å². The molecule has 2 atom stereocenters. The first kappa shape index (κ1) is 51.3. The van der Waals surface area contributed by atoms with Crippen molar-refractivity contribution in [1.29, 1.82) is 5.41 Å². The first-order valence-electron chi connectivity index (χ1n) is 18.3. The van der Waals surface area contributed by atoms with Gasteiger partial charge in [-0.3, -0.25) is 9.78 Å². The van der Waals surface area contributed by atoms with Crippen LogP contribution >= 0.6 is 31.9 Å². The van der Waals surface area contributed by atoms with Crippen LogP contribution in [0.2, 0.25) is 5.02 Å². The van der Waals surface area contributed by atoms with Crippen molar-refractivity contribution < 1.29 is 13.6 Å². The largest absolute Gasteiger partial charge is 0.387 e. The summed E-state index contributed by atoms with van der Waals surface area (Å²) in [6.07, 6.45) is 16.0. The third kappa shape index (κ3) is 19.9. The molecule has 0 bridgehead atoms. The van der Waals surface area contributed by atoms with E-state index >= 15 is 0 Å². The van der Waals surface area contributed by atoms with E-state index in [1.54, 1.807) is 6.92 Å². The molecule has 1 aromatic carbocycles. The van der Waals surface area contributed by atoms with E-state index in [0.29, 0.717) is 28.2 Å². The highest BCUT2D eigenvalue weighted by molar-refractivity contribution is 8.84. The minimum Gasteiger partial charge on any atom is -0.387 e. The highest BCUT2D eigenvalue weighted by atomic mass is 35.5. The second-order valence-electron chi connectivity index (χ2n) is 12.3. The average molecular weight is 779 g/mol. The molecule has 1 aromatic heterocycles. The highest BCUT2D eigenvalue weighted by Crippen LogP contribution is 2.43. The van der Waals surface area contributed by atoms with Gasteiger partial charge in [-0.15, -0.1) is 9.52 Å². The summed E-state index contributed by atoms with van der Waals surface area (Å²) in [5.41, 5.74) is 4.87. The van der Waals surface area contributed by atoms with Crippen LogP contribution in [0.4, 0.5) is 8.78 Å². The monoisotopic (exact) mass is 777 g/mol. The van der Waals surface area contributed by atoms with E-state index in [-0.39, 0.29) is 16.4 Å². The number of allylic oxidation sites excluding steroid dienone is 6. The summed E-state index contributed by atoms with van der Waals surface area (Å²) < 4.78 is 26.7. The van der Waals surface area contributed by atoms with Crippen molar-refractivity contribution in [1.82, 2.24) is 10.3 Å². The number of carbonyl (C=O) groups excluding carboxylic acids is 1. The number of aromatic nitrogens is 1. The lowest BCUT2D eigenvalue weighted by Crippen LogP contribution is -2.09. The molecule has 2 unspecified atom stereocenters. The lowest BCUT2D eigenvalue weighted by Gasteiger charge is -2.21. The summed E-state index contributed by atoms with van der Waals surface area (Å²) in [5, 5.41) is 13.0. The number of benzene rings is 1. The van der Waals surface area contributed by atoms with Gasteiger partial charge in [0.2, 0.25) is 0 Å². The fourth-order valence-corrected chi connectivity index (χ4v) is 8.01. The fraction of sp³-hybridized carbons (Fsp3) is 0.488. The zero-order valence-electron chi connectivity index (χ0n) is 34.1. The summed E-state index contributed by atoms with van der Waals surface area (Å²) in [6.45, 7) is 28.6. The first-order valence-corrected chi connectivity index (χ1v) is 21.7. The molecule has 2 N–H and O–H groups in total. The lowest BCUT2D eigenvalue weighted by atomic mass is 9.98. The Labute approximate surface area is 326 Å². The van der Waals surface area contributed by atoms with Gasteiger partial charge < -0.3 is 10.7 Å². The number of rotatable bonds is 11. The molecule has 0 spiro atoms. The predicted molar refractivity (Wildman–Crippen MR) is 233 cm³/mol. The number of hydrogen-bond donors (Lipinski definition) is 2. The van der Waals surface area contributed by atoms with E-state index in [4.69, 9.17) is 17.0 Å². The standard InChI is InChI=1S/C14H18FNO.C13H14ClFN2.C8H14S2.C6H14.C2H6/c1-4-6-16-9-11-7-12(5-2)14(10(3)17)13(15)8-11;1-8(2)4-11(9(3)6-16)13-12(14)5-10(15)7-17-13;1-7-5-4-6-10(9-3)8(7)2;1-4-6(3)5-2;1-2/h4,6-8,16H,5,9H2,1-3H3;4-7,16H,1-3H3;6-7H,2,4-5H2,1,3H3;6H,4-5H2,1-3H3;1-2H3/b;11-9-,16-6?;;;. The summed E-state index contributed by atoms with van der Waals surface area (Å²) in [6, 6.07) is 4.53. The number of nitrogens with one attached hydrogen (secondary N) is 2. The Kier molecular flexibility index (Phi) is 29.2. The maximum Gasteiger partial charge on any atom is 0.163 e. The molecule has 1 aliphatic rings. The summed E-state index contributed by atoms with van der Waals surface area (Å²) in [5.74, 6) is 0.579. The zero-order chi connectivity index (χ0) is 40.4. The average Bonchev–Trinajstić information content (AvgIpc) is 3.12. The zero-order valence-corrected chi connectivity index (χ0v) is 36.5. The molecule has 0 radical (unpaired) electrons. The number of halogens is 3. The van der Waals surface area contributed by atoms with Crippen LogP contribution < -0.4 is 5.32 Å². The molecule has 52 heavy (non-hydrogen) atoms. The fourth-order valence-electron chi connectivity index (χ4n) is 4.50. The van der Waals surface area contributed by atoms with Gasteiger partial charge in [-0.2, -0.15) is 0 Å². The van der Waals surface area contributed by atoms with Gasteiger partial charge in [-0.05, 0) is 117 Å². The molecule has 0 aliphatic carbocycles. The summed E-state index contributed by atoms with van der Waals surface area (Å²) >= 11 is 5.97. The Morgan fingerprint density at radius 2 is 1.77 bits per heavy atom. The van der Waals surface area contributed by atoms with Gasteiger partial charge in [0.25, 0.3) is 0 Å². The van der Waals surface area contributed by atoms with Crippen LogP contribution in [0.25, 0.3) is 5.57 Å². The maximum atomic E-state index is 13.8. The number of hydrogen-bond acceptors (Lipinski definition) is 5. The third-order valence-corrected chi connectivity index (χ3v) is 12.2. The third-order valence-electron chi connectivity index (χ3n) is 7.94. The van der Waals surface area contributed by atoms with Crippen LogP contribution in [0.1, 0.15) is 136 Å². The van der Waals surface area contributed by atoms with Gasteiger partial charge in [0.1, 0.15) is 11.6 Å². The summed E-state index contributed by atoms with van der Waals surface area (Å²) in [4.78, 5) is 16.8. The van der Waals surface area contributed by atoms with Crippen molar-refractivity contribution in [2.75, 3.05) is 6.26 Å². The molecular formula is C43H66ClF2N3OS2. The van der Waals surface area contributed by atoms with E-state index in [9.17, 15) is 13.6 Å². The molecule has 0 saturated heterocycles. The molecular weight excluding hydrogens is 712 g/mol. The van der Waals surface area contributed by atoms with Gasteiger partial charge in [0.15, 0.2) is 5.78 Å². The van der Waals surface area contributed by atoms with Crippen LogP contribution in [0, 0.1) is 28.9 Å². The van der Waals surface area contributed by atoms with Crippen molar-refractivity contribution >= 4 is 54.8 Å². The van der Waals surface area contributed by atoms with Crippen molar-refractivity contribution in [3.8, 4) is 0 Å². The van der Waals surface area contributed by atoms with E-state index in [1.165, 1.54) is 55.9 Å². The number of aryl methyl sites for hydroxylation is 1. The summed E-state index contributed by atoms with van der Waals surface area (Å²) in [7, 11) is 2.30. The molecule has 2 aromatic rings. The molecule has 0 fully saturated rings. The van der Waals surface area contributed by atoms with Crippen LogP contribution in [-0.2, 0) is 13.0 Å². The lowest BCUT2D eigenvalue weighted by molar-refractivity contribution is 0.101. The Morgan fingerprint density at radius 3 is 2.19 bits per heavy atom. The van der Waals surface area contributed by atoms with Crippen molar-refractivity contribution in [3.63, 3.8) is 0 Å².